The zero-order valence-corrected chi connectivity index (χ0v) is 11.7. The van der Waals surface area contributed by atoms with Crippen LogP contribution in [0.4, 0.5) is 0 Å². The molecule has 18 heavy (non-hydrogen) atoms. The fraction of sp³-hybridized carbons (Fsp3) is 0.786. The van der Waals surface area contributed by atoms with Crippen molar-refractivity contribution in [2.45, 2.75) is 39.3 Å². The van der Waals surface area contributed by atoms with E-state index in [0.29, 0.717) is 6.04 Å². The highest BCUT2D eigenvalue weighted by Crippen LogP contribution is 2.20. The first kappa shape index (κ1) is 13.6. The van der Waals surface area contributed by atoms with Crippen molar-refractivity contribution in [2.75, 3.05) is 26.2 Å². The quantitative estimate of drug-likeness (QED) is 0.832. The topological polar surface area (TPSA) is 33.1 Å². The highest BCUT2D eigenvalue weighted by molar-refractivity contribution is 4.80. The second-order valence-corrected chi connectivity index (χ2v) is 5.32. The number of aromatic nitrogens is 2. The van der Waals surface area contributed by atoms with Gasteiger partial charge in [-0.25, -0.2) is 4.98 Å². The standard InChI is InChI=1S/C14H26N4/c1-3-17-8-4-14(5-9-17)13(2)16-7-11-18-10-6-15-12-18/h6,10,12-14,16H,3-5,7-9,11H2,1-2H3. The predicted octanol–water partition coefficient (Wildman–Crippen LogP) is 1.59. The summed E-state index contributed by atoms with van der Waals surface area (Å²) in [7, 11) is 0. The molecule has 4 nitrogen and oxygen atoms in total. The molecule has 1 aliphatic heterocycles. The minimum atomic E-state index is 0.632. The molecule has 0 amide bonds. The van der Waals surface area contributed by atoms with Gasteiger partial charge in [-0.3, -0.25) is 0 Å². The van der Waals surface area contributed by atoms with Crippen LogP contribution in [0.5, 0.6) is 0 Å². The van der Waals surface area contributed by atoms with Crippen LogP contribution < -0.4 is 5.32 Å². The first-order valence-corrected chi connectivity index (χ1v) is 7.21. The van der Waals surface area contributed by atoms with Gasteiger partial charge in [0.05, 0.1) is 6.33 Å². The monoisotopic (exact) mass is 250 g/mol. The summed E-state index contributed by atoms with van der Waals surface area (Å²) in [5.41, 5.74) is 0. The maximum absolute atomic E-state index is 4.06. The zero-order chi connectivity index (χ0) is 12.8. The van der Waals surface area contributed by atoms with Gasteiger partial charge in [-0.05, 0) is 45.3 Å². The number of likely N-dealkylation sites (tertiary alicyclic amines) is 1. The number of nitrogens with zero attached hydrogens (tertiary/aromatic N) is 3. The van der Waals surface area contributed by atoms with Gasteiger partial charge in [0.1, 0.15) is 0 Å². The van der Waals surface area contributed by atoms with E-state index in [2.05, 4.69) is 33.6 Å². The number of nitrogens with one attached hydrogen (secondary N) is 1. The zero-order valence-electron chi connectivity index (χ0n) is 11.7. The normalized spacial score (nSPS) is 20.1. The van der Waals surface area contributed by atoms with Crippen LogP contribution in [-0.2, 0) is 6.54 Å². The Balaban J connectivity index is 1.64. The van der Waals surface area contributed by atoms with Gasteiger partial charge in [-0.15, -0.1) is 0 Å². The van der Waals surface area contributed by atoms with Gasteiger partial charge in [0, 0.05) is 31.5 Å². The fourth-order valence-electron chi connectivity index (χ4n) is 2.78. The number of hydrogen-bond acceptors (Lipinski definition) is 3. The molecular formula is C14H26N4. The highest BCUT2D eigenvalue weighted by Gasteiger charge is 2.22. The predicted molar refractivity (Wildman–Crippen MR) is 74.5 cm³/mol. The van der Waals surface area contributed by atoms with E-state index in [1.807, 2.05) is 18.7 Å². The van der Waals surface area contributed by atoms with Crippen LogP contribution in [0, 0.1) is 5.92 Å². The average molecular weight is 250 g/mol. The molecule has 1 aromatic rings. The second kappa shape index (κ2) is 6.90. The van der Waals surface area contributed by atoms with Crippen molar-refractivity contribution >= 4 is 0 Å². The van der Waals surface area contributed by atoms with E-state index < -0.39 is 0 Å². The lowest BCUT2D eigenvalue weighted by Gasteiger charge is -2.34. The molecule has 2 rings (SSSR count). The third-order valence-electron chi connectivity index (χ3n) is 4.18. The molecule has 0 bridgehead atoms. The van der Waals surface area contributed by atoms with E-state index in [0.717, 1.165) is 19.0 Å². The lowest BCUT2D eigenvalue weighted by Crippen LogP contribution is -2.42. The summed E-state index contributed by atoms with van der Waals surface area (Å²) in [6.45, 7) is 10.4. The minimum Gasteiger partial charge on any atom is -0.336 e. The minimum absolute atomic E-state index is 0.632. The van der Waals surface area contributed by atoms with Gasteiger partial charge in [0.2, 0.25) is 0 Å². The van der Waals surface area contributed by atoms with Crippen LogP contribution in [0.1, 0.15) is 26.7 Å². The molecule has 1 N–H and O–H groups in total. The smallest absolute Gasteiger partial charge is 0.0946 e. The molecule has 0 aromatic carbocycles. The van der Waals surface area contributed by atoms with Gasteiger partial charge in [-0.1, -0.05) is 6.92 Å². The third-order valence-corrected chi connectivity index (χ3v) is 4.18. The van der Waals surface area contributed by atoms with E-state index in [1.54, 1.807) is 0 Å². The Labute approximate surface area is 110 Å². The van der Waals surface area contributed by atoms with E-state index in [-0.39, 0.29) is 0 Å². The largest absolute Gasteiger partial charge is 0.336 e. The van der Waals surface area contributed by atoms with E-state index in [4.69, 9.17) is 0 Å². The van der Waals surface area contributed by atoms with Crippen LogP contribution in [0.25, 0.3) is 0 Å². The van der Waals surface area contributed by atoms with Crippen LogP contribution in [0.3, 0.4) is 0 Å². The van der Waals surface area contributed by atoms with Crippen LogP contribution in [-0.4, -0.2) is 46.7 Å². The van der Waals surface area contributed by atoms with Crippen molar-refractivity contribution < 1.29 is 0 Å². The van der Waals surface area contributed by atoms with Crippen molar-refractivity contribution in [3.05, 3.63) is 18.7 Å². The molecule has 1 unspecified atom stereocenters. The van der Waals surface area contributed by atoms with Gasteiger partial charge in [0.15, 0.2) is 0 Å². The van der Waals surface area contributed by atoms with Crippen molar-refractivity contribution in [3.63, 3.8) is 0 Å². The number of piperidine rings is 1. The molecule has 4 heteroatoms. The lowest BCUT2D eigenvalue weighted by atomic mass is 9.90. The highest BCUT2D eigenvalue weighted by atomic mass is 15.1. The molecule has 2 heterocycles. The van der Waals surface area contributed by atoms with Crippen molar-refractivity contribution in [1.29, 1.82) is 0 Å². The van der Waals surface area contributed by atoms with E-state index in [1.165, 1.54) is 32.5 Å². The summed E-state index contributed by atoms with van der Waals surface area (Å²) >= 11 is 0. The SMILES string of the molecule is CCN1CCC(C(C)NCCn2ccnc2)CC1. The molecule has 1 saturated heterocycles. The molecule has 0 saturated carbocycles. The third kappa shape index (κ3) is 3.82. The molecule has 1 fully saturated rings. The summed E-state index contributed by atoms with van der Waals surface area (Å²) in [5, 5.41) is 3.66. The Hall–Kier alpha value is -0.870. The van der Waals surface area contributed by atoms with Gasteiger partial charge in [-0.2, -0.15) is 0 Å². The molecule has 1 aliphatic rings. The molecule has 0 spiro atoms. The molecule has 1 aromatic heterocycles. The molecule has 1 atom stereocenters. The Kier molecular flexibility index (Phi) is 5.20. The summed E-state index contributed by atoms with van der Waals surface area (Å²) in [6, 6.07) is 0.632. The Morgan fingerprint density at radius 2 is 2.17 bits per heavy atom. The van der Waals surface area contributed by atoms with Crippen LogP contribution in [0.15, 0.2) is 18.7 Å². The summed E-state index contributed by atoms with van der Waals surface area (Å²) in [6.07, 6.45) is 8.42. The maximum atomic E-state index is 4.06. The average Bonchev–Trinajstić information content (AvgIpc) is 2.92. The van der Waals surface area contributed by atoms with E-state index in [9.17, 15) is 0 Å². The first-order chi connectivity index (χ1) is 8.79. The lowest BCUT2D eigenvalue weighted by molar-refractivity contribution is 0.168. The van der Waals surface area contributed by atoms with Crippen LogP contribution in [0.2, 0.25) is 0 Å². The number of hydrogen-bond donors (Lipinski definition) is 1. The second-order valence-electron chi connectivity index (χ2n) is 5.32. The Morgan fingerprint density at radius 3 is 2.78 bits per heavy atom. The summed E-state index contributed by atoms with van der Waals surface area (Å²) in [4.78, 5) is 6.61. The van der Waals surface area contributed by atoms with Crippen molar-refractivity contribution in [1.82, 2.24) is 19.8 Å². The van der Waals surface area contributed by atoms with Crippen molar-refractivity contribution in [3.8, 4) is 0 Å². The van der Waals surface area contributed by atoms with E-state index >= 15 is 0 Å². The summed E-state index contributed by atoms with van der Waals surface area (Å²) in [5.74, 6) is 0.843. The molecular weight excluding hydrogens is 224 g/mol. The fourth-order valence-corrected chi connectivity index (χ4v) is 2.78. The molecule has 0 radical (unpaired) electrons. The van der Waals surface area contributed by atoms with Gasteiger partial charge >= 0.3 is 0 Å². The Morgan fingerprint density at radius 1 is 1.39 bits per heavy atom. The first-order valence-electron chi connectivity index (χ1n) is 7.21. The number of imidazole rings is 1. The Bertz CT molecular complexity index is 315. The summed E-state index contributed by atoms with van der Waals surface area (Å²) < 4.78 is 2.12. The van der Waals surface area contributed by atoms with Crippen molar-refractivity contribution in [2.24, 2.45) is 5.92 Å². The van der Waals surface area contributed by atoms with Crippen LogP contribution >= 0.6 is 0 Å². The van der Waals surface area contributed by atoms with Gasteiger partial charge < -0.3 is 14.8 Å². The van der Waals surface area contributed by atoms with Gasteiger partial charge in [0.25, 0.3) is 0 Å². The molecule has 102 valence electrons. The molecule has 0 aliphatic carbocycles. The number of rotatable bonds is 6. The maximum Gasteiger partial charge on any atom is 0.0946 e.